The summed E-state index contributed by atoms with van der Waals surface area (Å²) in [6, 6.07) is 15.4. The number of rotatable bonds is 7. The van der Waals surface area contributed by atoms with Crippen LogP contribution < -0.4 is 14.2 Å². The number of halogens is 2. The molecule has 0 heterocycles. The summed E-state index contributed by atoms with van der Waals surface area (Å²) in [6.45, 7) is -0.187. The van der Waals surface area contributed by atoms with Crippen molar-refractivity contribution in [3.05, 3.63) is 83.9 Å². The molecule has 28 heavy (non-hydrogen) atoms. The minimum Gasteiger partial charge on any atom is -0.497 e. The molecule has 3 rings (SSSR count). The molecule has 0 saturated carbocycles. The van der Waals surface area contributed by atoms with Gasteiger partial charge in [-0.05, 0) is 48.5 Å². The van der Waals surface area contributed by atoms with E-state index in [-0.39, 0.29) is 28.5 Å². The maximum absolute atomic E-state index is 13.8. The first kappa shape index (κ1) is 19.6. The van der Waals surface area contributed by atoms with E-state index >= 15 is 0 Å². The van der Waals surface area contributed by atoms with Crippen LogP contribution >= 0.6 is 0 Å². The van der Waals surface area contributed by atoms with E-state index in [9.17, 15) is 17.2 Å². The van der Waals surface area contributed by atoms with Crippen LogP contribution in [0.4, 0.5) is 14.5 Å². The Morgan fingerprint density at radius 3 is 2.36 bits per heavy atom. The normalized spacial score (nSPS) is 11.1. The molecule has 3 aromatic carbocycles. The van der Waals surface area contributed by atoms with E-state index < -0.39 is 21.7 Å². The molecule has 0 bridgehead atoms. The minimum atomic E-state index is -3.87. The second-order valence-electron chi connectivity index (χ2n) is 5.80. The Bertz CT molecular complexity index is 1070. The van der Waals surface area contributed by atoms with Crippen molar-refractivity contribution in [1.82, 2.24) is 0 Å². The van der Waals surface area contributed by atoms with Gasteiger partial charge >= 0.3 is 0 Å². The lowest BCUT2D eigenvalue weighted by Gasteiger charge is -2.14. The Labute approximate surface area is 161 Å². The highest BCUT2D eigenvalue weighted by Gasteiger charge is 2.17. The zero-order valence-electron chi connectivity index (χ0n) is 14.9. The zero-order valence-corrected chi connectivity index (χ0v) is 15.7. The number of sulfonamides is 1. The average Bonchev–Trinajstić information content (AvgIpc) is 2.68. The van der Waals surface area contributed by atoms with Gasteiger partial charge in [-0.1, -0.05) is 12.1 Å². The third-order valence-corrected chi connectivity index (χ3v) is 5.28. The van der Waals surface area contributed by atoms with Crippen molar-refractivity contribution in [2.75, 3.05) is 11.8 Å². The lowest BCUT2D eigenvalue weighted by Crippen LogP contribution is -2.14. The second kappa shape index (κ2) is 8.26. The molecule has 0 aliphatic rings. The fourth-order valence-electron chi connectivity index (χ4n) is 2.43. The summed E-state index contributed by atoms with van der Waals surface area (Å²) in [6.07, 6.45) is 0. The van der Waals surface area contributed by atoms with Gasteiger partial charge < -0.3 is 9.47 Å². The summed E-state index contributed by atoms with van der Waals surface area (Å²) in [5.41, 5.74) is 0.343. The van der Waals surface area contributed by atoms with Crippen LogP contribution in [0, 0.1) is 11.6 Å². The number of hydrogen-bond donors (Lipinski definition) is 1. The van der Waals surface area contributed by atoms with Crippen LogP contribution in [-0.4, -0.2) is 15.5 Å². The molecular formula is C20H17F2NO4S. The molecule has 0 unspecified atom stereocenters. The van der Waals surface area contributed by atoms with Crippen LogP contribution in [0.15, 0.2) is 71.6 Å². The fourth-order valence-corrected chi connectivity index (χ4v) is 3.50. The van der Waals surface area contributed by atoms with Gasteiger partial charge in [-0.15, -0.1) is 0 Å². The zero-order chi connectivity index (χ0) is 20.1. The summed E-state index contributed by atoms with van der Waals surface area (Å²) < 4.78 is 65.0. The fraction of sp³-hybridized carbons (Fsp3) is 0.100. The Morgan fingerprint density at radius 2 is 1.68 bits per heavy atom. The molecule has 0 aliphatic carbocycles. The summed E-state index contributed by atoms with van der Waals surface area (Å²) in [4.78, 5) is 0.0488. The van der Waals surface area contributed by atoms with Gasteiger partial charge in [-0.25, -0.2) is 17.2 Å². The molecule has 8 heteroatoms. The summed E-state index contributed by atoms with van der Waals surface area (Å²) in [5, 5.41) is 0. The van der Waals surface area contributed by atoms with Crippen molar-refractivity contribution in [2.45, 2.75) is 11.5 Å². The topological polar surface area (TPSA) is 64.6 Å². The molecule has 0 aromatic heterocycles. The Hall–Kier alpha value is -3.13. The molecule has 146 valence electrons. The number of methoxy groups -OCH3 is 1. The summed E-state index contributed by atoms with van der Waals surface area (Å²) >= 11 is 0. The molecule has 0 amide bonds. The molecule has 3 aromatic rings. The van der Waals surface area contributed by atoms with E-state index in [0.29, 0.717) is 5.75 Å². The molecular weight excluding hydrogens is 388 g/mol. The van der Waals surface area contributed by atoms with Crippen LogP contribution in [0.25, 0.3) is 0 Å². The smallest absolute Gasteiger partial charge is 0.262 e. The maximum atomic E-state index is 13.8. The Kier molecular flexibility index (Phi) is 5.79. The summed E-state index contributed by atoms with van der Waals surface area (Å²) in [7, 11) is -2.38. The van der Waals surface area contributed by atoms with Crippen LogP contribution in [0.2, 0.25) is 0 Å². The number of nitrogens with one attached hydrogen (secondary N) is 1. The monoisotopic (exact) mass is 405 g/mol. The Morgan fingerprint density at radius 1 is 0.964 bits per heavy atom. The van der Waals surface area contributed by atoms with Gasteiger partial charge in [0.05, 0.1) is 17.7 Å². The van der Waals surface area contributed by atoms with Crippen molar-refractivity contribution in [3.63, 3.8) is 0 Å². The molecule has 0 radical (unpaired) electrons. The van der Waals surface area contributed by atoms with Crippen molar-refractivity contribution < 1.29 is 26.7 Å². The highest BCUT2D eigenvalue weighted by Crippen LogP contribution is 2.28. The standard InChI is InChI=1S/C20H17F2NO4S/c1-26-16-8-10-17(11-9-16)28(24,25)23-19-4-2-3-5-20(19)27-13-14-6-7-15(21)12-18(14)22/h2-12,23H,13H2,1H3. The quantitative estimate of drug-likeness (QED) is 0.635. The third-order valence-electron chi connectivity index (χ3n) is 3.90. The second-order valence-corrected chi connectivity index (χ2v) is 7.48. The molecule has 0 aliphatic heterocycles. The van der Waals surface area contributed by atoms with E-state index in [1.54, 1.807) is 18.2 Å². The number of ether oxygens (including phenoxy) is 2. The lowest BCUT2D eigenvalue weighted by molar-refractivity contribution is 0.301. The largest absolute Gasteiger partial charge is 0.497 e. The number of anilines is 1. The molecule has 5 nitrogen and oxygen atoms in total. The van der Waals surface area contributed by atoms with E-state index in [4.69, 9.17) is 9.47 Å². The first-order chi connectivity index (χ1) is 13.4. The van der Waals surface area contributed by atoms with E-state index in [0.717, 1.165) is 12.1 Å². The molecule has 0 atom stereocenters. The first-order valence-corrected chi connectivity index (χ1v) is 9.70. The van der Waals surface area contributed by atoms with Crippen molar-refractivity contribution in [1.29, 1.82) is 0 Å². The van der Waals surface area contributed by atoms with E-state index in [1.807, 2.05) is 0 Å². The highest BCUT2D eigenvalue weighted by atomic mass is 32.2. The van der Waals surface area contributed by atoms with Crippen LogP contribution in [-0.2, 0) is 16.6 Å². The third kappa shape index (κ3) is 4.58. The first-order valence-electron chi connectivity index (χ1n) is 8.22. The van der Waals surface area contributed by atoms with Crippen LogP contribution in [0.1, 0.15) is 5.56 Å². The van der Waals surface area contributed by atoms with Gasteiger partial charge in [0.2, 0.25) is 0 Å². The van der Waals surface area contributed by atoms with Gasteiger partial charge in [0.1, 0.15) is 29.7 Å². The predicted octanol–water partition coefficient (Wildman–Crippen LogP) is 4.35. The molecule has 0 saturated heterocycles. The van der Waals surface area contributed by atoms with Crippen molar-refractivity contribution in [3.8, 4) is 11.5 Å². The maximum Gasteiger partial charge on any atom is 0.262 e. The highest BCUT2D eigenvalue weighted by molar-refractivity contribution is 7.92. The SMILES string of the molecule is COc1ccc(S(=O)(=O)Nc2ccccc2OCc2ccc(F)cc2F)cc1. The number of benzene rings is 3. The van der Waals surface area contributed by atoms with Crippen LogP contribution in [0.5, 0.6) is 11.5 Å². The van der Waals surface area contributed by atoms with Gasteiger partial charge in [0.25, 0.3) is 10.0 Å². The number of hydrogen-bond acceptors (Lipinski definition) is 4. The van der Waals surface area contributed by atoms with E-state index in [2.05, 4.69) is 4.72 Å². The lowest BCUT2D eigenvalue weighted by atomic mass is 10.2. The van der Waals surface area contributed by atoms with Gasteiger partial charge in [0.15, 0.2) is 0 Å². The van der Waals surface area contributed by atoms with Crippen LogP contribution in [0.3, 0.4) is 0 Å². The predicted molar refractivity (Wildman–Crippen MR) is 101 cm³/mol. The van der Waals surface area contributed by atoms with Gasteiger partial charge in [-0.2, -0.15) is 0 Å². The van der Waals surface area contributed by atoms with Crippen molar-refractivity contribution >= 4 is 15.7 Å². The van der Waals surface area contributed by atoms with Crippen molar-refractivity contribution in [2.24, 2.45) is 0 Å². The average molecular weight is 405 g/mol. The van der Waals surface area contributed by atoms with E-state index in [1.165, 1.54) is 43.5 Å². The van der Waals surface area contributed by atoms with Gasteiger partial charge in [-0.3, -0.25) is 4.72 Å². The van der Waals surface area contributed by atoms with Gasteiger partial charge in [0, 0.05) is 11.6 Å². The minimum absolute atomic E-state index is 0.0488. The molecule has 0 fully saturated rings. The summed E-state index contributed by atoms with van der Waals surface area (Å²) in [5.74, 6) is -0.683. The molecule has 1 N–H and O–H groups in total. The number of para-hydroxylation sites is 2. The molecule has 0 spiro atoms. The Balaban J connectivity index is 1.79.